The molecule has 4 N–H and O–H groups in total. The Kier molecular flexibility index (Phi) is 6.02. The van der Waals surface area contributed by atoms with Gasteiger partial charge in [0.05, 0.1) is 6.04 Å². The van der Waals surface area contributed by atoms with Gasteiger partial charge in [0.2, 0.25) is 0 Å². The van der Waals surface area contributed by atoms with Crippen molar-refractivity contribution in [3.63, 3.8) is 0 Å². The number of ketones is 1. The van der Waals surface area contributed by atoms with Crippen LogP contribution >= 0.6 is 0 Å². The summed E-state index contributed by atoms with van der Waals surface area (Å²) in [7, 11) is 0. The highest BCUT2D eigenvalue weighted by Gasteiger charge is 2.05. The van der Waals surface area contributed by atoms with Gasteiger partial charge in [-0.05, 0) is 19.8 Å². The van der Waals surface area contributed by atoms with Crippen LogP contribution in [0.4, 0.5) is 0 Å². The molecule has 0 aromatic rings. The topological polar surface area (TPSA) is 75.4 Å². The van der Waals surface area contributed by atoms with Crippen molar-refractivity contribution in [1.82, 2.24) is 5.48 Å². The number of nitrogens with one attached hydrogen (secondary N) is 1. The largest absolute Gasteiger partial charge is 0.322 e. The van der Waals surface area contributed by atoms with Gasteiger partial charge < -0.3 is 10.9 Å². The van der Waals surface area contributed by atoms with Crippen LogP contribution in [0.25, 0.3) is 0 Å². The van der Waals surface area contributed by atoms with Gasteiger partial charge in [0.1, 0.15) is 5.78 Å². The molecule has 0 aliphatic carbocycles. The average Bonchev–Trinajstić information content (AvgIpc) is 1.97. The fourth-order valence-electron chi connectivity index (χ4n) is 0.772. The predicted octanol–water partition coefficient (Wildman–Crippen LogP) is 0.0518. The third-order valence-corrected chi connectivity index (χ3v) is 1.58. The second-order valence-corrected chi connectivity index (χ2v) is 2.62. The Balaban J connectivity index is 3.17. The number of unbranched alkanes of at least 4 members (excludes halogenated alkanes) is 1. The summed E-state index contributed by atoms with van der Waals surface area (Å²) in [5.74, 6) is 0.0296. The van der Waals surface area contributed by atoms with Crippen molar-refractivity contribution in [3.05, 3.63) is 0 Å². The van der Waals surface area contributed by atoms with Crippen molar-refractivity contribution in [2.75, 3.05) is 6.54 Å². The van der Waals surface area contributed by atoms with E-state index in [1.54, 1.807) is 0 Å². The molecule has 1 atom stereocenters. The summed E-state index contributed by atoms with van der Waals surface area (Å²) in [6, 6.07) is -0.325. The number of Topliss-reactive ketones (excluding diaryl/α,β-unsaturated/α-hetero) is 1. The number of hydrogen-bond acceptors (Lipinski definition) is 4. The van der Waals surface area contributed by atoms with Crippen molar-refractivity contribution in [3.8, 4) is 0 Å². The molecular weight excluding hydrogens is 144 g/mol. The van der Waals surface area contributed by atoms with Gasteiger partial charge in [-0.15, -0.1) is 0 Å². The molecule has 0 unspecified atom stereocenters. The van der Waals surface area contributed by atoms with Crippen LogP contribution in [0.2, 0.25) is 0 Å². The highest BCUT2D eigenvalue weighted by Crippen LogP contribution is 1.98. The van der Waals surface area contributed by atoms with Gasteiger partial charge in [-0.2, -0.15) is 0 Å². The lowest BCUT2D eigenvalue weighted by molar-refractivity contribution is -0.118. The minimum atomic E-state index is -0.325. The highest BCUT2D eigenvalue weighted by molar-refractivity contribution is 5.80. The van der Waals surface area contributed by atoms with E-state index in [4.69, 9.17) is 10.9 Å². The van der Waals surface area contributed by atoms with Crippen molar-refractivity contribution in [2.45, 2.75) is 32.2 Å². The lowest BCUT2D eigenvalue weighted by Crippen LogP contribution is -2.28. The van der Waals surface area contributed by atoms with E-state index in [-0.39, 0.29) is 11.8 Å². The van der Waals surface area contributed by atoms with E-state index in [1.165, 1.54) is 6.92 Å². The second-order valence-electron chi connectivity index (χ2n) is 2.62. The Morgan fingerprint density at radius 3 is 2.73 bits per heavy atom. The third-order valence-electron chi connectivity index (χ3n) is 1.58. The molecule has 0 rings (SSSR count). The lowest BCUT2D eigenvalue weighted by atomic mass is 10.1. The summed E-state index contributed by atoms with van der Waals surface area (Å²) >= 11 is 0. The van der Waals surface area contributed by atoms with Crippen molar-refractivity contribution >= 4 is 5.78 Å². The Labute approximate surface area is 66.7 Å². The number of carbonyl (C=O) groups excluding carboxylic acids is 1. The Hall–Kier alpha value is -0.450. The molecule has 0 aliphatic heterocycles. The number of nitrogens with two attached hydrogens (primary N) is 1. The lowest BCUT2D eigenvalue weighted by Gasteiger charge is -2.05. The first-order valence-electron chi connectivity index (χ1n) is 3.81. The number of hydroxylamine groups is 1. The molecule has 0 amide bonds. The van der Waals surface area contributed by atoms with E-state index >= 15 is 0 Å². The summed E-state index contributed by atoms with van der Waals surface area (Å²) < 4.78 is 0. The average molecular weight is 160 g/mol. The van der Waals surface area contributed by atoms with Gasteiger partial charge in [0.15, 0.2) is 0 Å². The molecule has 11 heavy (non-hydrogen) atoms. The fourth-order valence-corrected chi connectivity index (χ4v) is 0.772. The van der Waals surface area contributed by atoms with Gasteiger partial charge in [-0.25, -0.2) is 5.48 Å². The van der Waals surface area contributed by atoms with Crippen LogP contribution in [0.3, 0.4) is 0 Å². The van der Waals surface area contributed by atoms with E-state index in [9.17, 15) is 4.79 Å². The van der Waals surface area contributed by atoms with Crippen LogP contribution in [0, 0.1) is 0 Å². The molecular formula is C7H16N2O2. The van der Waals surface area contributed by atoms with E-state index in [0.717, 1.165) is 12.8 Å². The number of rotatable bonds is 6. The number of carbonyl (C=O) groups is 1. The fraction of sp³-hybridized carbons (Fsp3) is 0.857. The van der Waals surface area contributed by atoms with E-state index in [2.05, 4.69) is 0 Å². The SMILES string of the molecule is CC(=O)[C@@H](N)CCCCNO. The molecule has 0 spiro atoms. The van der Waals surface area contributed by atoms with E-state index < -0.39 is 0 Å². The van der Waals surface area contributed by atoms with Gasteiger partial charge in [0, 0.05) is 6.54 Å². The quantitative estimate of drug-likeness (QED) is 0.379. The van der Waals surface area contributed by atoms with Crippen LogP contribution in [-0.2, 0) is 4.79 Å². The molecule has 0 heterocycles. The smallest absolute Gasteiger partial charge is 0.146 e. The van der Waals surface area contributed by atoms with Crippen molar-refractivity contribution < 1.29 is 10.0 Å². The molecule has 66 valence electrons. The second kappa shape index (κ2) is 6.27. The molecule has 0 saturated carbocycles. The standard InChI is InChI=1S/C7H16N2O2/c1-6(10)7(8)4-2-3-5-9-11/h7,9,11H,2-5,8H2,1H3/t7-/m0/s1. The maximum Gasteiger partial charge on any atom is 0.146 e. The zero-order chi connectivity index (χ0) is 8.69. The van der Waals surface area contributed by atoms with Crippen molar-refractivity contribution in [2.24, 2.45) is 5.73 Å². The molecule has 0 aromatic heterocycles. The van der Waals surface area contributed by atoms with E-state index in [1.807, 2.05) is 5.48 Å². The predicted molar refractivity (Wildman–Crippen MR) is 42.3 cm³/mol. The number of hydrogen-bond donors (Lipinski definition) is 3. The molecule has 4 nitrogen and oxygen atoms in total. The first kappa shape index (κ1) is 10.6. The highest BCUT2D eigenvalue weighted by atomic mass is 16.5. The Morgan fingerprint density at radius 2 is 2.27 bits per heavy atom. The summed E-state index contributed by atoms with van der Waals surface area (Å²) in [4.78, 5) is 10.6. The Morgan fingerprint density at radius 1 is 1.64 bits per heavy atom. The molecule has 0 saturated heterocycles. The van der Waals surface area contributed by atoms with Crippen LogP contribution in [0.15, 0.2) is 0 Å². The summed E-state index contributed by atoms with van der Waals surface area (Å²) in [6.45, 7) is 2.06. The zero-order valence-electron chi connectivity index (χ0n) is 6.84. The Bertz CT molecular complexity index is 117. The summed E-state index contributed by atoms with van der Waals surface area (Å²) in [6.07, 6.45) is 2.42. The summed E-state index contributed by atoms with van der Waals surface area (Å²) in [5.41, 5.74) is 7.51. The molecule has 0 aliphatic rings. The molecule has 0 aromatic carbocycles. The zero-order valence-corrected chi connectivity index (χ0v) is 6.84. The van der Waals surface area contributed by atoms with Crippen LogP contribution in [-0.4, -0.2) is 23.6 Å². The third kappa shape index (κ3) is 5.97. The van der Waals surface area contributed by atoms with Crippen molar-refractivity contribution in [1.29, 1.82) is 0 Å². The molecule has 4 heteroatoms. The molecule has 0 radical (unpaired) electrons. The van der Waals surface area contributed by atoms with E-state index in [0.29, 0.717) is 13.0 Å². The monoisotopic (exact) mass is 160 g/mol. The van der Waals surface area contributed by atoms with Gasteiger partial charge in [-0.3, -0.25) is 4.79 Å². The van der Waals surface area contributed by atoms with Gasteiger partial charge >= 0.3 is 0 Å². The maximum atomic E-state index is 10.6. The molecule has 0 bridgehead atoms. The first-order chi connectivity index (χ1) is 5.18. The van der Waals surface area contributed by atoms with Gasteiger partial charge in [0.25, 0.3) is 0 Å². The minimum Gasteiger partial charge on any atom is -0.322 e. The normalized spacial score (nSPS) is 13.0. The maximum absolute atomic E-state index is 10.6. The van der Waals surface area contributed by atoms with Crippen LogP contribution < -0.4 is 11.2 Å². The van der Waals surface area contributed by atoms with Crippen LogP contribution in [0.1, 0.15) is 26.2 Å². The first-order valence-corrected chi connectivity index (χ1v) is 3.81. The minimum absolute atomic E-state index is 0.0296. The van der Waals surface area contributed by atoms with Gasteiger partial charge in [-0.1, -0.05) is 6.42 Å². The van der Waals surface area contributed by atoms with Crippen LogP contribution in [0.5, 0.6) is 0 Å². The summed E-state index contributed by atoms with van der Waals surface area (Å²) in [5, 5.41) is 8.19. The molecule has 0 fully saturated rings.